The normalized spacial score (nSPS) is 16.7. The molecule has 1 rings (SSSR count). The number of carbonyl (C=O) groups is 3. The van der Waals surface area contributed by atoms with Crippen molar-refractivity contribution in [2.45, 2.75) is 26.8 Å². The fraction of sp³-hybridized carbons (Fsp3) is 0.750. The van der Waals surface area contributed by atoms with Crippen molar-refractivity contribution in [2.75, 3.05) is 19.6 Å². The maximum atomic E-state index is 11.7. The van der Waals surface area contributed by atoms with E-state index in [9.17, 15) is 14.4 Å². The van der Waals surface area contributed by atoms with Crippen LogP contribution in [0.4, 0.5) is 4.79 Å². The minimum absolute atomic E-state index is 0.196. The largest absolute Gasteiger partial charge is 0.481 e. The molecule has 108 valence electrons. The van der Waals surface area contributed by atoms with Gasteiger partial charge >= 0.3 is 12.0 Å². The molecule has 3 N–H and O–H groups in total. The number of hydrogen-bond donors (Lipinski definition) is 3. The molecule has 0 aromatic rings. The van der Waals surface area contributed by atoms with Gasteiger partial charge in [-0.2, -0.15) is 0 Å². The van der Waals surface area contributed by atoms with Gasteiger partial charge in [-0.1, -0.05) is 13.8 Å². The zero-order chi connectivity index (χ0) is 14.6. The highest BCUT2D eigenvalue weighted by atomic mass is 16.4. The number of carboxylic acid groups (broad SMARTS) is 1. The van der Waals surface area contributed by atoms with E-state index >= 15 is 0 Å². The third-order valence-electron chi connectivity index (χ3n) is 2.94. The molecule has 0 saturated carbocycles. The van der Waals surface area contributed by atoms with E-state index in [1.165, 1.54) is 4.90 Å². The van der Waals surface area contributed by atoms with E-state index in [0.29, 0.717) is 12.5 Å². The van der Waals surface area contributed by atoms with Gasteiger partial charge in [0, 0.05) is 19.6 Å². The van der Waals surface area contributed by atoms with Gasteiger partial charge in [0.05, 0.1) is 5.92 Å². The van der Waals surface area contributed by atoms with Crippen LogP contribution in [0.15, 0.2) is 0 Å². The number of rotatable bonds is 5. The summed E-state index contributed by atoms with van der Waals surface area (Å²) in [6, 6.07) is -1.03. The van der Waals surface area contributed by atoms with Crippen molar-refractivity contribution < 1.29 is 19.5 Å². The van der Waals surface area contributed by atoms with Crippen molar-refractivity contribution in [3.63, 3.8) is 0 Å². The summed E-state index contributed by atoms with van der Waals surface area (Å²) >= 11 is 0. The molecule has 1 unspecified atom stereocenters. The van der Waals surface area contributed by atoms with Crippen LogP contribution in [0.1, 0.15) is 20.8 Å². The molecule has 3 amide bonds. The highest BCUT2D eigenvalue weighted by Crippen LogP contribution is 2.15. The molecule has 1 aliphatic rings. The molecule has 1 heterocycles. The third-order valence-corrected chi connectivity index (χ3v) is 2.94. The highest BCUT2D eigenvalue weighted by molar-refractivity contribution is 5.87. The number of nitrogens with one attached hydrogen (secondary N) is 2. The first kappa shape index (κ1) is 15.3. The quantitative estimate of drug-likeness (QED) is 0.649. The predicted octanol–water partition coefficient (Wildman–Crippen LogP) is -0.127. The smallest absolute Gasteiger partial charge is 0.318 e. The number of carboxylic acids is 1. The first-order chi connectivity index (χ1) is 8.81. The number of aliphatic carboxylic acids is 1. The van der Waals surface area contributed by atoms with Gasteiger partial charge in [-0.3, -0.25) is 9.59 Å². The van der Waals surface area contributed by atoms with E-state index in [1.54, 1.807) is 6.92 Å². The first-order valence-electron chi connectivity index (χ1n) is 6.37. The molecule has 0 aromatic carbocycles. The van der Waals surface area contributed by atoms with Crippen molar-refractivity contribution in [1.29, 1.82) is 0 Å². The van der Waals surface area contributed by atoms with Crippen molar-refractivity contribution in [3.8, 4) is 0 Å². The Morgan fingerprint density at radius 1 is 1.26 bits per heavy atom. The van der Waals surface area contributed by atoms with Gasteiger partial charge in [-0.15, -0.1) is 0 Å². The second kappa shape index (κ2) is 6.40. The van der Waals surface area contributed by atoms with E-state index in [0.717, 1.165) is 0 Å². The van der Waals surface area contributed by atoms with E-state index in [1.807, 2.05) is 13.8 Å². The number of hydrogen-bond acceptors (Lipinski definition) is 3. The summed E-state index contributed by atoms with van der Waals surface area (Å²) in [4.78, 5) is 35.3. The van der Waals surface area contributed by atoms with Crippen LogP contribution in [0.5, 0.6) is 0 Å². The second-order valence-electron chi connectivity index (χ2n) is 5.25. The Morgan fingerprint density at radius 3 is 2.32 bits per heavy atom. The number of nitrogens with zero attached hydrogens (tertiary/aromatic N) is 1. The Balaban J connectivity index is 2.29. The van der Waals surface area contributed by atoms with Gasteiger partial charge in [-0.05, 0) is 12.8 Å². The Labute approximate surface area is 112 Å². The molecule has 1 saturated heterocycles. The highest BCUT2D eigenvalue weighted by Gasteiger charge is 2.36. The molecular weight excluding hydrogens is 250 g/mol. The monoisotopic (exact) mass is 271 g/mol. The lowest BCUT2D eigenvalue weighted by molar-refractivity contribution is -0.146. The number of carbonyl (C=O) groups excluding carboxylic acids is 2. The Hall–Kier alpha value is -1.79. The molecule has 1 aliphatic heterocycles. The number of amides is 3. The Morgan fingerprint density at radius 2 is 1.84 bits per heavy atom. The van der Waals surface area contributed by atoms with Gasteiger partial charge < -0.3 is 20.6 Å². The van der Waals surface area contributed by atoms with Crippen LogP contribution >= 0.6 is 0 Å². The van der Waals surface area contributed by atoms with Crippen LogP contribution in [0.25, 0.3) is 0 Å². The molecule has 1 fully saturated rings. The van der Waals surface area contributed by atoms with Crippen LogP contribution in [0, 0.1) is 11.8 Å². The lowest BCUT2D eigenvalue weighted by atomic mass is 10.0. The summed E-state index contributed by atoms with van der Waals surface area (Å²) in [5, 5.41) is 14.0. The maximum absolute atomic E-state index is 11.7. The fourth-order valence-corrected chi connectivity index (χ4v) is 1.60. The molecule has 0 spiro atoms. The summed E-state index contributed by atoms with van der Waals surface area (Å²) in [5.41, 5.74) is 0. The van der Waals surface area contributed by atoms with Gasteiger partial charge in [0.2, 0.25) is 5.91 Å². The maximum Gasteiger partial charge on any atom is 0.318 e. The zero-order valence-corrected chi connectivity index (χ0v) is 11.5. The summed E-state index contributed by atoms with van der Waals surface area (Å²) in [5.74, 6) is -1.28. The second-order valence-corrected chi connectivity index (χ2v) is 5.25. The van der Waals surface area contributed by atoms with Gasteiger partial charge in [0.25, 0.3) is 0 Å². The van der Waals surface area contributed by atoms with Crippen LogP contribution in [-0.4, -0.2) is 53.6 Å². The van der Waals surface area contributed by atoms with E-state index in [4.69, 9.17) is 5.11 Å². The standard InChI is InChI=1S/C12H21N3O4/c1-7(2)4-13-10(16)8(3)14-12(19)15-5-9(6-15)11(17)18/h7-9H,4-6H2,1-3H3,(H,13,16)(H,14,19)(H,17,18). The van der Waals surface area contributed by atoms with Crippen molar-refractivity contribution >= 4 is 17.9 Å². The van der Waals surface area contributed by atoms with Gasteiger partial charge in [0.1, 0.15) is 6.04 Å². The molecule has 19 heavy (non-hydrogen) atoms. The molecule has 0 aromatic heterocycles. The Bertz CT molecular complexity index is 364. The molecule has 1 atom stereocenters. The molecular formula is C12H21N3O4. The third kappa shape index (κ3) is 4.42. The van der Waals surface area contributed by atoms with E-state index in [2.05, 4.69) is 10.6 Å². The van der Waals surface area contributed by atoms with E-state index < -0.39 is 24.0 Å². The number of likely N-dealkylation sites (tertiary alicyclic amines) is 1. The summed E-state index contributed by atoms with van der Waals surface area (Å²) in [6.07, 6.45) is 0. The SMILES string of the molecule is CC(C)CNC(=O)C(C)NC(=O)N1CC(C(=O)O)C1. The first-order valence-corrected chi connectivity index (χ1v) is 6.37. The molecule has 0 radical (unpaired) electrons. The average molecular weight is 271 g/mol. The van der Waals surface area contributed by atoms with Crippen LogP contribution < -0.4 is 10.6 Å². The molecule has 0 aliphatic carbocycles. The van der Waals surface area contributed by atoms with Crippen molar-refractivity contribution in [2.24, 2.45) is 11.8 Å². The van der Waals surface area contributed by atoms with Crippen molar-refractivity contribution in [1.82, 2.24) is 15.5 Å². The molecule has 7 heteroatoms. The van der Waals surface area contributed by atoms with Crippen LogP contribution in [0.2, 0.25) is 0 Å². The fourth-order valence-electron chi connectivity index (χ4n) is 1.60. The topological polar surface area (TPSA) is 98.7 Å². The van der Waals surface area contributed by atoms with Crippen molar-refractivity contribution in [3.05, 3.63) is 0 Å². The molecule has 0 bridgehead atoms. The number of urea groups is 1. The van der Waals surface area contributed by atoms with Crippen LogP contribution in [0.3, 0.4) is 0 Å². The van der Waals surface area contributed by atoms with Gasteiger partial charge in [-0.25, -0.2) is 4.79 Å². The predicted molar refractivity (Wildman–Crippen MR) is 68.5 cm³/mol. The summed E-state index contributed by atoms with van der Waals surface area (Å²) in [7, 11) is 0. The minimum Gasteiger partial charge on any atom is -0.481 e. The lowest BCUT2D eigenvalue weighted by Gasteiger charge is -2.37. The average Bonchev–Trinajstić information content (AvgIpc) is 2.22. The zero-order valence-electron chi connectivity index (χ0n) is 11.5. The van der Waals surface area contributed by atoms with Crippen LogP contribution in [-0.2, 0) is 9.59 Å². The van der Waals surface area contributed by atoms with Gasteiger partial charge in [0.15, 0.2) is 0 Å². The Kier molecular flexibility index (Phi) is 5.14. The lowest BCUT2D eigenvalue weighted by Crippen LogP contribution is -2.58. The van der Waals surface area contributed by atoms with E-state index in [-0.39, 0.29) is 19.0 Å². The summed E-state index contributed by atoms with van der Waals surface area (Å²) in [6.45, 7) is 6.51. The summed E-state index contributed by atoms with van der Waals surface area (Å²) < 4.78 is 0. The minimum atomic E-state index is -0.897. The molecule has 7 nitrogen and oxygen atoms in total.